The maximum Gasteiger partial charge on any atom is 0.230 e. The van der Waals surface area contributed by atoms with Crippen LogP contribution in [-0.4, -0.2) is 48.3 Å². The van der Waals surface area contributed by atoms with Gasteiger partial charge in [-0.05, 0) is 49.4 Å². The molecule has 0 spiro atoms. The second kappa shape index (κ2) is 10.3. The van der Waals surface area contributed by atoms with Gasteiger partial charge in [-0.15, -0.1) is 0 Å². The standard InChI is InChI=1S/C25H29N3O4/c1-30-21-12-11-20(17-22(21)31-2)24-26-25(32-27-24)19-13-15-28(16-14-19)23(29)10-6-9-18-7-4-3-5-8-18/h3-5,7-8,11-12,17,19H,6,9-10,13-16H2,1-2H3. The van der Waals surface area contributed by atoms with Gasteiger partial charge in [-0.3, -0.25) is 4.79 Å². The molecule has 2 aromatic carbocycles. The highest BCUT2D eigenvalue weighted by molar-refractivity contribution is 5.76. The van der Waals surface area contributed by atoms with Crippen molar-refractivity contribution in [1.82, 2.24) is 15.0 Å². The monoisotopic (exact) mass is 435 g/mol. The lowest BCUT2D eigenvalue weighted by Crippen LogP contribution is -2.37. The second-order valence-electron chi connectivity index (χ2n) is 8.02. The Morgan fingerprint density at radius 1 is 1.06 bits per heavy atom. The number of amides is 1. The zero-order valence-corrected chi connectivity index (χ0v) is 18.6. The van der Waals surface area contributed by atoms with Gasteiger partial charge in [-0.2, -0.15) is 4.98 Å². The number of nitrogens with zero attached hydrogens (tertiary/aromatic N) is 3. The van der Waals surface area contributed by atoms with Crippen molar-refractivity contribution < 1.29 is 18.8 Å². The van der Waals surface area contributed by atoms with E-state index in [2.05, 4.69) is 22.3 Å². The molecule has 0 saturated carbocycles. The lowest BCUT2D eigenvalue weighted by Gasteiger charge is -2.30. The number of carbonyl (C=O) groups excluding carboxylic acids is 1. The van der Waals surface area contributed by atoms with Crippen molar-refractivity contribution in [3.05, 3.63) is 60.0 Å². The molecule has 1 saturated heterocycles. The zero-order chi connectivity index (χ0) is 22.3. The van der Waals surface area contributed by atoms with Crippen LogP contribution in [0.2, 0.25) is 0 Å². The van der Waals surface area contributed by atoms with Gasteiger partial charge in [0.05, 0.1) is 14.2 Å². The summed E-state index contributed by atoms with van der Waals surface area (Å²) >= 11 is 0. The molecule has 3 aromatic rings. The number of carbonyl (C=O) groups is 1. The highest BCUT2D eigenvalue weighted by Crippen LogP contribution is 2.33. The van der Waals surface area contributed by atoms with Crippen molar-refractivity contribution in [1.29, 1.82) is 0 Å². The van der Waals surface area contributed by atoms with E-state index in [1.54, 1.807) is 14.2 Å². The molecule has 0 atom stereocenters. The second-order valence-corrected chi connectivity index (χ2v) is 8.02. The van der Waals surface area contributed by atoms with Crippen molar-refractivity contribution >= 4 is 5.91 Å². The zero-order valence-electron chi connectivity index (χ0n) is 18.6. The van der Waals surface area contributed by atoms with Gasteiger partial charge in [-0.1, -0.05) is 35.5 Å². The molecular formula is C25H29N3O4. The summed E-state index contributed by atoms with van der Waals surface area (Å²) in [5, 5.41) is 4.15. The molecule has 0 bridgehead atoms. The van der Waals surface area contributed by atoms with E-state index in [1.807, 2.05) is 41.3 Å². The predicted molar refractivity (Wildman–Crippen MR) is 121 cm³/mol. The molecule has 0 radical (unpaired) electrons. The summed E-state index contributed by atoms with van der Waals surface area (Å²) in [4.78, 5) is 19.2. The van der Waals surface area contributed by atoms with E-state index in [4.69, 9.17) is 14.0 Å². The summed E-state index contributed by atoms with van der Waals surface area (Å²) in [6.45, 7) is 1.45. The fraction of sp³-hybridized carbons (Fsp3) is 0.400. The van der Waals surface area contributed by atoms with Gasteiger partial charge in [-0.25, -0.2) is 0 Å². The van der Waals surface area contributed by atoms with Crippen LogP contribution in [0.15, 0.2) is 53.1 Å². The van der Waals surface area contributed by atoms with Gasteiger partial charge in [0.25, 0.3) is 0 Å². The van der Waals surface area contributed by atoms with E-state index < -0.39 is 0 Å². The Labute approximate surface area is 188 Å². The molecule has 2 heterocycles. The van der Waals surface area contributed by atoms with E-state index in [-0.39, 0.29) is 11.8 Å². The molecule has 0 N–H and O–H groups in total. The van der Waals surface area contributed by atoms with Crippen LogP contribution in [0, 0.1) is 0 Å². The third-order valence-electron chi connectivity index (χ3n) is 5.98. The van der Waals surface area contributed by atoms with E-state index in [9.17, 15) is 4.79 Å². The molecule has 0 unspecified atom stereocenters. The summed E-state index contributed by atoms with van der Waals surface area (Å²) < 4.78 is 16.2. The maximum atomic E-state index is 12.6. The Balaban J connectivity index is 1.29. The molecule has 1 aliphatic heterocycles. The fourth-order valence-corrected chi connectivity index (χ4v) is 4.12. The molecule has 32 heavy (non-hydrogen) atoms. The highest BCUT2D eigenvalue weighted by Gasteiger charge is 2.27. The third-order valence-corrected chi connectivity index (χ3v) is 5.98. The first-order valence-corrected chi connectivity index (χ1v) is 11.1. The number of piperidine rings is 1. The first kappa shape index (κ1) is 21.9. The van der Waals surface area contributed by atoms with E-state index in [1.165, 1.54) is 5.56 Å². The maximum absolute atomic E-state index is 12.6. The SMILES string of the molecule is COc1ccc(-c2noc(C3CCN(C(=O)CCCc4ccccc4)CC3)n2)cc1OC. The molecule has 1 fully saturated rings. The van der Waals surface area contributed by atoms with Crippen LogP contribution in [0.5, 0.6) is 11.5 Å². The van der Waals surface area contributed by atoms with Crippen molar-refractivity contribution in [2.24, 2.45) is 0 Å². The molecule has 1 aliphatic rings. The number of benzene rings is 2. The Kier molecular flexibility index (Phi) is 7.04. The van der Waals surface area contributed by atoms with Crippen LogP contribution in [0.4, 0.5) is 0 Å². The number of methoxy groups -OCH3 is 2. The number of aryl methyl sites for hydroxylation is 1. The third kappa shape index (κ3) is 5.10. The normalized spacial score (nSPS) is 14.4. The minimum Gasteiger partial charge on any atom is -0.493 e. The van der Waals surface area contributed by atoms with Gasteiger partial charge < -0.3 is 18.9 Å². The van der Waals surface area contributed by atoms with Gasteiger partial charge in [0.1, 0.15) is 0 Å². The number of hydrogen-bond acceptors (Lipinski definition) is 6. The lowest BCUT2D eigenvalue weighted by atomic mass is 9.96. The lowest BCUT2D eigenvalue weighted by molar-refractivity contribution is -0.132. The van der Waals surface area contributed by atoms with Crippen molar-refractivity contribution in [2.45, 2.75) is 38.0 Å². The summed E-state index contributed by atoms with van der Waals surface area (Å²) in [6, 6.07) is 15.8. The van der Waals surface area contributed by atoms with Crippen LogP contribution in [-0.2, 0) is 11.2 Å². The summed E-state index contributed by atoms with van der Waals surface area (Å²) in [6.07, 6.45) is 4.06. The largest absolute Gasteiger partial charge is 0.493 e. The number of rotatable bonds is 8. The fourth-order valence-electron chi connectivity index (χ4n) is 4.12. The molecular weight excluding hydrogens is 406 g/mol. The molecule has 4 rings (SSSR count). The Morgan fingerprint density at radius 3 is 2.53 bits per heavy atom. The first-order chi connectivity index (χ1) is 15.7. The predicted octanol–water partition coefficient (Wildman–Crippen LogP) is 4.48. The number of aromatic nitrogens is 2. The average molecular weight is 436 g/mol. The molecule has 168 valence electrons. The minimum absolute atomic E-state index is 0.171. The van der Waals surface area contributed by atoms with E-state index in [0.29, 0.717) is 29.6 Å². The molecule has 0 aliphatic carbocycles. The minimum atomic E-state index is 0.171. The Bertz CT molecular complexity index is 1030. The summed E-state index contributed by atoms with van der Waals surface area (Å²) in [7, 11) is 3.20. The van der Waals surface area contributed by atoms with E-state index in [0.717, 1.165) is 44.3 Å². The average Bonchev–Trinajstić information content (AvgIpc) is 3.34. The van der Waals surface area contributed by atoms with Crippen molar-refractivity contribution in [2.75, 3.05) is 27.3 Å². The van der Waals surface area contributed by atoms with Crippen LogP contribution >= 0.6 is 0 Å². The quantitative estimate of drug-likeness (QED) is 0.519. The molecule has 7 nitrogen and oxygen atoms in total. The summed E-state index contributed by atoms with van der Waals surface area (Å²) in [5.41, 5.74) is 2.09. The van der Waals surface area contributed by atoms with Gasteiger partial charge in [0.2, 0.25) is 17.6 Å². The number of hydrogen-bond donors (Lipinski definition) is 0. The molecule has 1 amide bonds. The molecule has 1 aromatic heterocycles. The summed E-state index contributed by atoms with van der Waals surface area (Å²) in [5.74, 6) is 2.84. The smallest absolute Gasteiger partial charge is 0.230 e. The Morgan fingerprint density at radius 2 is 1.81 bits per heavy atom. The van der Waals surface area contributed by atoms with E-state index >= 15 is 0 Å². The number of likely N-dealkylation sites (tertiary alicyclic amines) is 1. The highest BCUT2D eigenvalue weighted by atomic mass is 16.5. The van der Waals surface area contributed by atoms with Crippen molar-refractivity contribution in [3.8, 4) is 22.9 Å². The van der Waals surface area contributed by atoms with Crippen LogP contribution in [0.25, 0.3) is 11.4 Å². The van der Waals surface area contributed by atoms with Crippen molar-refractivity contribution in [3.63, 3.8) is 0 Å². The van der Waals surface area contributed by atoms with Gasteiger partial charge in [0, 0.05) is 31.0 Å². The van der Waals surface area contributed by atoms with Crippen LogP contribution in [0.1, 0.15) is 43.1 Å². The first-order valence-electron chi connectivity index (χ1n) is 11.1. The number of ether oxygens (including phenoxy) is 2. The Hall–Kier alpha value is -3.35. The topological polar surface area (TPSA) is 77.7 Å². The van der Waals surface area contributed by atoms with Crippen LogP contribution in [0.3, 0.4) is 0 Å². The van der Waals surface area contributed by atoms with Crippen LogP contribution < -0.4 is 9.47 Å². The molecule has 7 heteroatoms. The van der Waals surface area contributed by atoms with Gasteiger partial charge >= 0.3 is 0 Å². The van der Waals surface area contributed by atoms with Gasteiger partial charge in [0.15, 0.2) is 11.5 Å².